The molecule has 1 aromatic carbocycles. The summed E-state index contributed by atoms with van der Waals surface area (Å²) in [6.45, 7) is 6.90. The summed E-state index contributed by atoms with van der Waals surface area (Å²) in [5.41, 5.74) is 4.17. The lowest BCUT2D eigenvalue weighted by atomic mass is 10.1. The lowest BCUT2D eigenvalue weighted by Gasteiger charge is -2.35. The maximum Gasteiger partial charge on any atom is 0.253 e. The van der Waals surface area contributed by atoms with Gasteiger partial charge in [-0.1, -0.05) is 12.1 Å². The predicted molar refractivity (Wildman–Crippen MR) is 110 cm³/mol. The molecule has 3 heterocycles. The van der Waals surface area contributed by atoms with E-state index in [0.717, 1.165) is 30.7 Å². The van der Waals surface area contributed by atoms with Crippen LogP contribution in [0, 0.1) is 6.92 Å². The average molecular weight is 376 g/mol. The van der Waals surface area contributed by atoms with Gasteiger partial charge in [0.25, 0.3) is 5.91 Å². The number of aromatic nitrogens is 2. The van der Waals surface area contributed by atoms with Gasteiger partial charge in [0.2, 0.25) is 0 Å². The number of hydrogen-bond acceptors (Lipinski definition) is 5. The second kappa shape index (κ2) is 7.94. The molecular weight excluding hydrogens is 352 g/mol. The minimum Gasteiger partial charge on any atom is -0.377 e. The highest BCUT2D eigenvalue weighted by atomic mass is 16.5. The fraction of sp³-hybridized carbons (Fsp3) is 0.318. The van der Waals surface area contributed by atoms with Crippen LogP contribution in [0.5, 0.6) is 0 Å². The summed E-state index contributed by atoms with van der Waals surface area (Å²) in [7, 11) is 0. The van der Waals surface area contributed by atoms with Crippen molar-refractivity contribution in [2.24, 2.45) is 0 Å². The molecule has 0 saturated carbocycles. The van der Waals surface area contributed by atoms with Crippen molar-refractivity contribution in [2.45, 2.75) is 26.4 Å². The van der Waals surface area contributed by atoms with Gasteiger partial charge in [-0.3, -0.25) is 4.79 Å². The number of carbonyl (C=O) groups is 1. The van der Waals surface area contributed by atoms with Crippen molar-refractivity contribution >= 4 is 22.6 Å². The van der Waals surface area contributed by atoms with Crippen LogP contribution < -0.4 is 10.2 Å². The SMILES string of the molecule is Cc1nc2ncccc2cc1C(=O)NCc1ccc(N2CCOC[C@H]2C)cc1. The molecule has 0 bridgehead atoms. The fourth-order valence-corrected chi connectivity index (χ4v) is 3.52. The Bertz CT molecular complexity index is 987. The number of morpholine rings is 1. The van der Waals surface area contributed by atoms with Crippen LogP contribution in [-0.4, -0.2) is 41.7 Å². The number of nitrogens with zero attached hydrogens (tertiary/aromatic N) is 3. The molecule has 1 aliphatic heterocycles. The van der Waals surface area contributed by atoms with Crippen LogP contribution in [-0.2, 0) is 11.3 Å². The standard InChI is InChI=1S/C22H24N4O2/c1-15-14-28-11-10-26(15)19-7-5-17(6-8-19)13-24-22(27)20-12-18-4-3-9-23-21(18)25-16(20)2/h3-9,12,15H,10-11,13-14H2,1-2H3,(H,24,27)/t15-/m1/s1. The quantitative estimate of drug-likeness (QED) is 0.758. The van der Waals surface area contributed by atoms with Crippen LogP contribution in [0.2, 0.25) is 0 Å². The van der Waals surface area contributed by atoms with Crippen molar-refractivity contribution in [1.29, 1.82) is 0 Å². The lowest BCUT2D eigenvalue weighted by Crippen LogP contribution is -2.43. The molecule has 1 atom stereocenters. The molecule has 28 heavy (non-hydrogen) atoms. The van der Waals surface area contributed by atoms with E-state index in [1.54, 1.807) is 6.20 Å². The van der Waals surface area contributed by atoms with Gasteiger partial charge in [-0.05, 0) is 49.7 Å². The summed E-state index contributed by atoms with van der Waals surface area (Å²) < 4.78 is 5.50. The maximum atomic E-state index is 12.6. The Labute approximate surface area is 164 Å². The molecule has 1 amide bonds. The first-order valence-electron chi connectivity index (χ1n) is 9.56. The van der Waals surface area contributed by atoms with Crippen LogP contribution in [0.3, 0.4) is 0 Å². The number of benzene rings is 1. The molecule has 2 aromatic heterocycles. The smallest absolute Gasteiger partial charge is 0.253 e. The van der Waals surface area contributed by atoms with Crippen molar-refractivity contribution < 1.29 is 9.53 Å². The molecule has 1 N–H and O–H groups in total. The average Bonchev–Trinajstić information content (AvgIpc) is 2.72. The van der Waals surface area contributed by atoms with E-state index < -0.39 is 0 Å². The first-order valence-corrected chi connectivity index (χ1v) is 9.56. The van der Waals surface area contributed by atoms with Gasteiger partial charge in [0, 0.05) is 36.4 Å². The number of amides is 1. The van der Waals surface area contributed by atoms with Gasteiger partial charge in [0.05, 0.1) is 24.5 Å². The van der Waals surface area contributed by atoms with Crippen molar-refractivity contribution in [3.63, 3.8) is 0 Å². The molecule has 0 unspecified atom stereocenters. The van der Waals surface area contributed by atoms with Crippen molar-refractivity contribution in [2.75, 3.05) is 24.7 Å². The maximum absolute atomic E-state index is 12.6. The molecule has 6 nitrogen and oxygen atoms in total. The number of ether oxygens (including phenoxy) is 1. The van der Waals surface area contributed by atoms with Gasteiger partial charge in [-0.15, -0.1) is 0 Å². The van der Waals surface area contributed by atoms with Gasteiger partial charge < -0.3 is 15.0 Å². The number of anilines is 1. The van der Waals surface area contributed by atoms with E-state index in [-0.39, 0.29) is 5.91 Å². The van der Waals surface area contributed by atoms with E-state index in [2.05, 4.69) is 51.4 Å². The van der Waals surface area contributed by atoms with Gasteiger partial charge in [-0.2, -0.15) is 0 Å². The fourth-order valence-electron chi connectivity index (χ4n) is 3.52. The zero-order valence-electron chi connectivity index (χ0n) is 16.2. The number of fused-ring (bicyclic) bond motifs is 1. The normalized spacial score (nSPS) is 16.9. The molecule has 0 radical (unpaired) electrons. The van der Waals surface area contributed by atoms with E-state index in [9.17, 15) is 4.79 Å². The molecule has 0 aliphatic carbocycles. The number of hydrogen-bond donors (Lipinski definition) is 1. The van der Waals surface area contributed by atoms with Crippen LogP contribution in [0.4, 0.5) is 5.69 Å². The molecule has 4 rings (SSSR count). The highest BCUT2D eigenvalue weighted by Crippen LogP contribution is 2.20. The van der Waals surface area contributed by atoms with Gasteiger partial charge in [-0.25, -0.2) is 9.97 Å². The first-order chi connectivity index (χ1) is 13.6. The minimum atomic E-state index is -0.123. The van der Waals surface area contributed by atoms with Crippen molar-refractivity contribution in [3.8, 4) is 0 Å². The minimum absolute atomic E-state index is 0.123. The van der Waals surface area contributed by atoms with E-state index in [4.69, 9.17) is 4.74 Å². The number of pyridine rings is 2. The molecule has 0 spiro atoms. The summed E-state index contributed by atoms with van der Waals surface area (Å²) in [5.74, 6) is -0.123. The molecule has 6 heteroatoms. The monoisotopic (exact) mass is 376 g/mol. The van der Waals surface area contributed by atoms with E-state index in [1.165, 1.54) is 5.69 Å². The lowest BCUT2D eigenvalue weighted by molar-refractivity contribution is 0.0950. The van der Waals surface area contributed by atoms with Gasteiger partial charge >= 0.3 is 0 Å². The Morgan fingerprint density at radius 1 is 1.29 bits per heavy atom. The Kier molecular flexibility index (Phi) is 5.21. The van der Waals surface area contributed by atoms with Crippen molar-refractivity contribution in [3.05, 3.63) is 65.5 Å². The van der Waals surface area contributed by atoms with E-state index >= 15 is 0 Å². The summed E-state index contributed by atoms with van der Waals surface area (Å²) in [5, 5.41) is 3.86. The van der Waals surface area contributed by atoms with Crippen LogP contribution >= 0.6 is 0 Å². The third kappa shape index (κ3) is 3.82. The highest BCUT2D eigenvalue weighted by Gasteiger charge is 2.19. The molecule has 1 aliphatic rings. The number of carbonyl (C=O) groups excluding carboxylic acids is 1. The second-order valence-corrected chi connectivity index (χ2v) is 7.14. The number of nitrogens with one attached hydrogen (secondary N) is 1. The molecule has 3 aromatic rings. The van der Waals surface area contributed by atoms with E-state index in [1.807, 2.05) is 25.1 Å². The largest absolute Gasteiger partial charge is 0.377 e. The Morgan fingerprint density at radius 3 is 2.89 bits per heavy atom. The third-order valence-electron chi connectivity index (χ3n) is 5.11. The zero-order valence-corrected chi connectivity index (χ0v) is 16.2. The first kappa shape index (κ1) is 18.4. The Morgan fingerprint density at radius 2 is 2.11 bits per heavy atom. The second-order valence-electron chi connectivity index (χ2n) is 7.14. The number of rotatable bonds is 4. The van der Waals surface area contributed by atoms with Gasteiger partial charge in [0.1, 0.15) is 0 Å². The molecular formula is C22H24N4O2. The van der Waals surface area contributed by atoms with Crippen molar-refractivity contribution in [1.82, 2.24) is 15.3 Å². The number of aryl methyl sites for hydroxylation is 1. The van der Waals surface area contributed by atoms with E-state index in [0.29, 0.717) is 29.5 Å². The molecule has 1 saturated heterocycles. The summed E-state index contributed by atoms with van der Waals surface area (Å²) in [4.78, 5) is 23.7. The third-order valence-corrected chi connectivity index (χ3v) is 5.11. The zero-order chi connectivity index (χ0) is 19.5. The van der Waals surface area contributed by atoms with Crippen LogP contribution in [0.1, 0.15) is 28.5 Å². The Hall–Kier alpha value is -2.99. The topological polar surface area (TPSA) is 67.4 Å². The van der Waals surface area contributed by atoms with Crippen LogP contribution in [0.15, 0.2) is 48.7 Å². The summed E-state index contributed by atoms with van der Waals surface area (Å²) in [6.07, 6.45) is 1.70. The highest BCUT2D eigenvalue weighted by molar-refractivity contribution is 5.98. The molecule has 1 fully saturated rings. The van der Waals surface area contributed by atoms with Crippen LogP contribution in [0.25, 0.3) is 11.0 Å². The van der Waals surface area contributed by atoms with Gasteiger partial charge in [0.15, 0.2) is 5.65 Å². The Balaban J connectivity index is 1.43. The molecule has 144 valence electrons. The summed E-state index contributed by atoms with van der Waals surface area (Å²) >= 11 is 0. The predicted octanol–water partition coefficient (Wildman–Crippen LogP) is 3.09. The summed E-state index contributed by atoms with van der Waals surface area (Å²) in [6, 6.07) is 14.3.